The maximum absolute atomic E-state index is 12.6. The Morgan fingerprint density at radius 1 is 1.07 bits per heavy atom. The topological polar surface area (TPSA) is 77.9 Å². The van der Waals surface area contributed by atoms with Crippen molar-refractivity contribution in [1.29, 1.82) is 0 Å². The lowest BCUT2D eigenvalue weighted by atomic mass is 9.98. The van der Waals surface area contributed by atoms with Crippen LogP contribution in [-0.2, 0) is 9.53 Å². The molecule has 2 aliphatic rings. The smallest absolute Gasteiger partial charge is 0.256 e. The molecule has 2 fully saturated rings. The van der Waals surface area contributed by atoms with Gasteiger partial charge in [-0.25, -0.2) is 4.98 Å². The van der Waals surface area contributed by atoms with Crippen molar-refractivity contribution >= 4 is 17.4 Å². The average molecular weight is 411 g/mol. The normalized spacial score (nSPS) is 25.1. The zero-order valence-corrected chi connectivity index (χ0v) is 17.2. The van der Waals surface area contributed by atoms with Crippen LogP contribution in [0.1, 0.15) is 19.3 Å². The van der Waals surface area contributed by atoms with Gasteiger partial charge in [0.2, 0.25) is 0 Å². The molecule has 1 amide bonds. The number of carbonyl (C=O) groups excluding carboxylic acids is 1. The van der Waals surface area contributed by atoms with Gasteiger partial charge in [0, 0.05) is 44.6 Å². The first kappa shape index (κ1) is 20.8. The summed E-state index contributed by atoms with van der Waals surface area (Å²) in [4.78, 5) is 21.8. The van der Waals surface area contributed by atoms with Crippen LogP contribution in [0.15, 0.2) is 54.7 Å². The summed E-state index contributed by atoms with van der Waals surface area (Å²) in [6.07, 6.45) is 2.49. The Hall–Kier alpha value is -2.48. The number of amides is 1. The second-order valence-electron chi connectivity index (χ2n) is 7.98. The minimum absolute atomic E-state index is 0.00579. The molecule has 0 radical (unpaired) electrons. The van der Waals surface area contributed by atoms with Crippen molar-refractivity contribution in [3.05, 3.63) is 54.7 Å². The number of para-hydroxylation sites is 1. The lowest BCUT2D eigenvalue weighted by Crippen LogP contribution is -2.49. The maximum atomic E-state index is 12.6. The minimum Gasteiger partial charge on any atom is -0.390 e. The van der Waals surface area contributed by atoms with Gasteiger partial charge in [0.05, 0.1) is 12.2 Å². The number of rotatable bonds is 6. The number of nitrogens with zero attached hydrogens (tertiary/aromatic N) is 3. The highest BCUT2D eigenvalue weighted by Crippen LogP contribution is 2.24. The van der Waals surface area contributed by atoms with Crippen molar-refractivity contribution in [1.82, 2.24) is 9.88 Å². The minimum atomic E-state index is -0.815. The van der Waals surface area contributed by atoms with Crippen molar-refractivity contribution in [3.8, 4) is 0 Å². The molecule has 2 N–H and O–H groups in total. The van der Waals surface area contributed by atoms with Gasteiger partial charge in [0.1, 0.15) is 5.82 Å². The van der Waals surface area contributed by atoms with E-state index in [-0.39, 0.29) is 12.0 Å². The predicted molar refractivity (Wildman–Crippen MR) is 116 cm³/mol. The van der Waals surface area contributed by atoms with Crippen LogP contribution in [0.4, 0.5) is 11.5 Å². The Kier molecular flexibility index (Phi) is 6.94. The standard InChI is InChI=1S/C23H30N4O3/c28-20-10-9-19(30-22(20)23(29)25-18-6-2-1-3-7-18)11-13-26-14-16-27(17-15-26)21-8-4-5-12-24-21/h1-8,12,19-20,22,28H,9-11,13-17H2,(H,25,29). The molecular weight excluding hydrogens is 380 g/mol. The Labute approximate surface area is 177 Å². The highest BCUT2D eigenvalue weighted by Gasteiger charge is 2.35. The molecule has 1 aromatic heterocycles. The molecule has 0 saturated carbocycles. The summed E-state index contributed by atoms with van der Waals surface area (Å²) in [6.45, 7) is 4.84. The number of aliphatic hydroxyl groups is 1. The summed E-state index contributed by atoms with van der Waals surface area (Å²) < 4.78 is 6.01. The number of ether oxygens (including phenoxy) is 1. The fourth-order valence-corrected chi connectivity index (χ4v) is 4.13. The Bertz CT molecular complexity index is 797. The van der Waals surface area contributed by atoms with Crippen molar-refractivity contribution in [2.24, 2.45) is 0 Å². The van der Waals surface area contributed by atoms with Crippen LogP contribution in [0.3, 0.4) is 0 Å². The van der Waals surface area contributed by atoms with Gasteiger partial charge >= 0.3 is 0 Å². The molecule has 3 atom stereocenters. The fourth-order valence-electron chi connectivity index (χ4n) is 4.13. The lowest BCUT2D eigenvalue weighted by Gasteiger charge is -2.37. The van der Waals surface area contributed by atoms with Gasteiger partial charge in [0.15, 0.2) is 6.10 Å². The Balaban J connectivity index is 1.23. The zero-order chi connectivity index (χ0) is 20.8. The van der Waals surface area contributed by atoms with Crippen LogP contribution < -0.4 is 10.2 Å². The fraction of sp³-hybridized carbons (Fsp3) is 0.478. The van der Waals surface area contributed by atoms with E-state index in [0.717, 1.165) is 51.4 Å². The van der Waals surface area contributed by atoms with Crippen LogP contribution in [0, 0.1) is 0 Å². The molecule has 1 aromatic carbocycles. The highest BCUT2D eigenvalue weighted by molar-refractivity contribution is 5.94. The molecule has 2 aliphatic heterocycles. The molecule has 3 unspecified atom stereocenters. The van der Waals surface area contributed by atoms with Crippen molar-refractivity contribution in [2.75, 3.05) is 42.9 Å². The van der Waals surface area contributed by atoms with Crippen molar-refractivity contribution in [3.63, 3.8) is 0 Å². The third-order valence-corrected chi connectivity index (χ3v) is 5.89. The third kappa shape index (κ3) is 5.36. The average Bonchev–Trinajstić information content (AvgIpc) is 2.80. The van der Waals surface area contributed by atoms with E-state index in [4.69, 9.17) is 4.74 Å². The van der Waals surface area contributed by atoms with Gasteiger partial charge in [-0.05, 0) is 43.5 Å². The number of carbonyl (C=O) groups is 1. The first-order chi connectivity index (χ1) is 14.7. The summed E-state index contributed by atoms with van der Waals surface area (Å²) in [7, 11) is 0. The summed E-state index contributed by atoms with van der Waals surface area (Å²) in [5, 5.41) is 13.1. The van der Waals surface area contributed by atoms with Crippen LogP contribution >= 0.6 is 0 Å². The number of piperazine rings is 1. The number of hydrogen-bond acceptors (Lipinski definition) is 6. The summed E-state index contributed by atoms with van der Waals surface area (Å²) in [5.41, 5.74) is 0.714. The molecule has 30 heavy (non-hydrogen) atoms. The molecule has 3 heterocycles. The molecule has 7 heteroatoms. The number of benzene rings is 1. The molecule has 2 aromatic rings. The van der Waals surface area contributed by atoms with Gasteiger partial charge in [-0.2, -0.15) is 0 Å². The molecule has 4 rings (SSSR count). The molecule has 0 bridgehead atoms. The Morgan fingerprint density at radius 3 is 2.57 bits per heavy atom. The van der Waals surface area contributed by atoms with Gasteiger partial charge in [-0.3, -0.25) is 9.69 Å². The molecule has 0 aliphatic carbocycles. The first-order valence-electron chi connectivity index (χ1n) is 10.8. The summed E-state index contributed by atoms with van der Waals surface area (Å²) in [6, 6.07) is 15.3. The summed E-state index contributed by atoms with van der Waals surface area (Å²) in [5.74, 6) is 0.761. The van der Waals surface area contributed by atoms with Crippen LogP contribution in [0.2, 0.25) is 0 Å². The van der Waals surface area contributed by atoms with Gasteiger partial charge < -0.3 is 20.1 Å². The van der Waals surface area contributed by atoms with Gasteiger partial charge in [-0.1, -0.05) is 24.3 Å². The molecule has 0 spiro atoms. The number of nitrogens with one attached hydrogen (secondary N) is 1. The van der Waals surface area contributed by atoms with E-state index >= 15 is 0 Å². The van der Waals surface area contributed by atoms with Crippen LogP contribution in [0.5, 0.6) is 0 Å². The molecule has 7 nitrogen and oxygen atoms in total. The number of aliphatic hydroxyl groups excluding tert-OH is 1. The molecule has 160 valence electrons. The van der Waals surface area contributed by atoms with Crippen LogP contribution in [-0.4, -0.2) is 71.9 Å². The highest BCUT2D eigenvalue weighted by atomic mass is 16.5. The van der Waals surface area contributed by atoms with E-state index in [1.54, 1.807) is 0 Å². The largest absolute Gasteiger partial charge is 0.390 e. The SMILES string of the molecule is O=C(Nc1ccccc1)C1OC(CCN2CCN(c3ccccn3)CC2)CCC1O. The number of pyridine rings is 1. The van der Waals surface area contributed by atoms with Crippen LogP contribution in [0.25, 0.3) is 0 Å². The van der Waals surface area contributed by atoms with E-state index in [1.165, 1.54) is 0 Å². The summed E-state index contributed by atoms with van der Waals surface area (Å²) >= 11 is 0. The van der Waals surface area contributed by atoms with Crippen molar-refractivity contribution in [2.45, 2.75) is 37.6 Å². The van der Waals surface area contributed by atoms with E-state index in [1.807, 2.05) is 48.7 Å². The lowest BCUT2D eigenvalue weighted by molar-refractivity contribution is -0.153. The quantitative estimate of drug-likeness (QED) is 0.760. The van der Waals surface area contributed by atoms with Gasteiger partial charge in [-0.15, -0.1) is 0 Å². The Morgan fingerprint density at radius 2 is 1.83 bits per heavy atom. The zero-order valence-electron chi connectivity index (χ0n) is 17.2. The first-order valence-corrected chi connectivity index (χ1v) is 10.8. The molecular formula is C23H30N4O3. The van der Waals surface area contributed by atoms with E-state index in [0.29, 0.717) is 12.1 Å². The second-order valence-corrected chi connectivity index (χ2v) is 7.98. The number of aromatic nitrogens is 1. The van der Waals surface area contributed by atoms with Gasteiger partial charge in [0.25, 0.3) is 5.91 Å². The van der Waals surface area contributed by atoms with E-state index < -0.39 is 12.2 Å². The monoisotopic (exact) mass is 410 g/mol. The number of anilines is 2. The maximum Gasteiger partial charge on any atom is 0.256 e. The van der Waals surface area contributed by atoms with Crippen molar-refractivity contribution < 1.29 is 14.6 Å². The molecule has 2 saturated heterocycles. The van der Waals surface area contributed by atoms with E-state index in [9.17, 15) is 9.90 Å². The second kappa shape index (κ2) is 10.0. The number of hydrogen-bond donors (Lipinski definition) is 2. The predicted octanol–water partition coefficient (Wildman–Crippen LogP) is 2.14. The third-order valence-electron chi connectivity index (χ3n) is 5.89. The van der Waals surface area contributed by atoms with E-state index in [2.05, 4.69) is 26.2 Å².